The zero-order chi connectivity index (χ0) is 14.9. The van der Waals surface area contributed by atoms with Crippen molar-refractivity contribution in [2.75, 3.05) is 6.54 Å². The Labute approximate surface area is 134 Å². The maximum atomic E-state index is 2.76. The first kappa shape index (κ1) is 14.0. The van der Waals surface area contributed by atoms with Crippen LogP contribution < -0.4 is 0 Å². The van der Waals surface area contributed by atoms with Crippen molar-refractivity contribution in [2.45, 2.75) is 51.1 Å². The topological polar surface area (TPSA) is 3.24 Å². The third-order valence-corrected chi connectivity index (χ3v) is 5.59. The second-order valence-electron chi connectivity index (χ2n) is 6.98. The van der Waals surface area contributed by atoms with Gasteiger partial charge in [-0.3, -0.25) is 4.90 Å². The van der Waals surface area contributed by atoms with Crippen LogP contribution in [0.4, 0.5) is 0 Å². The molecule has 4 rings (SSSR count). The molecule has 1 aliphatic heterocycles. The van der Waals surface area contributed by atoms with E-state index in [1.165, 1.54) is 49.8 Å². The lowest BCUT2D eigenvalue weighted by Gasteiger charge is -2.35. The highest BCUT2D eigenvalue weighted by Gasteiger charge is 2.30. The van der Waals surface area contributed by atoms with E-state index >= 15 is 0 Å². The standard InChI is InChI=1S/C21H25N/c1-16-6-5-13-22(16)21-12-11-19-14-18(9-10-20(19)15-21)17-7-3-2-4-8-17/h2-4,7-10,14,16,21H,5-6,11-13,15H2,1H3. The van der Waals surface area contributed by atoms with Gasteiger partial charge < -0.3 is 0 Å². The second-order valence-corrected chi connectivity index (χ2v) is 6.98. The van der Waals surface area contributed by atoms with Crippen LogP contribution in [0.1, 0.15) is 37.3 Å². The van der Waals surface area contributed by atoms with Crippen molar-refractivity contribution in [2.24, 2.45) is 0 Å². The van der Waals surface area contributed by atoms with Crippen molar-refractivity contribution in [3.8, 4) is 11.1 Å². The molecule has 22 heavy (non-hydrogen) atoms. The van der Waals surface area contributed by atoms with E-state index in [1.807, 2.05) is 0 Å². The summed E-state index contributed by atoms with van der Waals surface area (Å²) in [5.41, 5.74) is 5.85. The SMILES string of the molecule is CC1CCCN1C1CCc2cc(-c3ccccc3)ccc2C1. The molecule has 1 aliphatic carbocycles. The summed E-state index contributed by atoms with van der Waals surface area (Å²) in [7, 11) is 0. The van der Waals surface area contributed by atoms with Crippen molar-refractivity contribution in [3.05, 3.63) is 59.7 Å². The molecule has 2 unspecified atom stereocenters. The molecule has 1 heterocycles. The van der Waals surface area contributed by atoms with E-state index in [1.54, 1.807) is 11.1 Å². The highest BCUT2D eigenvalue weighted by molar-refractivity contribution is 5.65. The van der Waals surface area contributed by atoms with Crippen molar-refractivity contribution >= 4 is 0 Å². The quantitative estimate of drug-likeness (QED) is 0.775. The first-order valence-corrected chi connectivity index (χ1v) is 8.74. The number of aryl methyl sites for hydroxylation is 1. The van der Waals surface area contributed by atoms with Crippen LogP contribution in [0, 0.1) is 0 Å². The van der Waals surface area contributed by atoms with Gasteiger partial charge in [-0.25, -0.2) is 0 Å². The van der Waals surface area contributed by atoms with Crippen LogP contribution in [0.25, 0.3) is 11.1 Å². The maximum absolute atomic E-state index is 2.76. The lowest BCUT2D eigenvalue weighted by molar-refractivity contribution is 0.174. The zero-order valence-electron chi connectivity index (χ0n) is 13.5. The number of hydrogen-bond acceptors (Lipinski definition) is 1. The van der Waals surface area contributed by atoms with Gasteiger partial charge in [-0.1, -0.05) is 48.5 Å². The van der Waals surface area contributed by atoms with Gasteiger partial charge in [0.2, 0.25) is 0 Å². The molecule has 114 valence electrons. The molecule has 2 aromatic carbocycles. The molecule has 1 nitrogen and oxygen atoms in total. The number of hydrogen-bond donors (Lipinski definition) is 0. The summed E-state index contributed by atoms with van der Waals surface area (Å²) in [6.45, 7) is 3.71. The van der Waals surface area contributed by atoms with Gasteiger partial charge in [0.25, 0.3) is 0 Å². The smallest absolute Gasteiger partial charge is 0.0142 e. The molecule has 2 aliphatic rings. The first-order chi connectivity index (χ1) is 10.8. The van der Waals surface area contributed by atoms with Crippen LogP contribution in [0.3, 0.4) is 0 Å². The molecule has 2 atom stereocenters. The second kappa shape index (κ2) is 5.89. The lowest BCUT2D eigenvalue weighted by Crippen LogP contribution is -2.41. The number of nitrogens with zero attached hydrogens (tertiary/aromatic N) is 1. The molecule has 1 fully saturated rings. The molecular formula is C21H25N. The molecule has 0 N–H and O–H groups in total. The Hall–Kier alpha value is -1.60. The Morgan fingerprint density at radius 3 is 2.55 bits per heavy atom. The van der Waals surface area contributed by atoms with Crippen LogP contribution >= 0.6 is 0 Å². The Balaban J connectivity index is 1.57. The summed E-state index contributed by atoms with van der Waals surface area (Å²) >= 11 is 0. The molecule has 2 aromatic rings. The fraction of sp³-hybridized carbons (Fsp3) is 0.429. The Kier molecular flexibility index (Phi) is 3.75. The maximum Gasteiger partial charge on any atom is 0.0142 e. The Bertz CT molecular complexity index is 646. The van der Waals surface area contributed by atoms with E-state index in [2.05, 4.69) is 60.4 Å². The van der Waals surface area contributed by atoms with Gasteiger partial charge in [0, 0.05) is 12.1 Å². The highest BCUT2D eigenvalue weighted by atomic mass is 15.2. The summed E-state index contributed by atoms with van der Waals surface area (Å²) in [6, 6.07) is 19.4. The van der Waals surface area contributed by atoms with Gasteiger partial charge in [-0.2, -0.15) is 0 Å². The van der Waals surface area contributed by atoms with E-state index in [9.17, 15) is 0 Å². The summed E-state index contributed by atoms with van der Waals surface area (Å²) in [5, 5.41) is 0. The van der Waals surface area contributed by atoms with E-state index in [-0.39, 0.29) is 0 Å². The molecular weight excluding hydrogens is 266 g/mol. The third kappa shape index (κ3) is 2.59. The van der Waals surface area contributed by atoms with Crippen molar-refractivity contribution in [1.29, 1.82) is 0 Å². The van der Waals surface area contributed by atoms with Crippen LogP contribution in [0.2, 0.25) is 0 Å². The molecule has 0 amide bonds. The van der Waals surface area contributed by atoms with Crippen LogP contribution in [0.15, 0.2) is 48.5 Å². The number of likely N-dealkylation sites (tertiary alicyclic amines) is 1. The number of rotatable bonds is 2. The molecule has 0 spiro atoms. The zero-order valence-corrected chi connectivity index (χ0v) is 13.5. The fourth-order valence-corrected chi connectivity index (χ4v) is 4.33. The van der Waals surface area contributed by atoms with Gasteiger partial charge in [0.05, 0.1) is 0 Å². The van der Waals surface area contributed by atoms with Gasteiger partial charge >= 0.3 is 0 Å². The molecule has 0 radical (unpaired) electrons. The summed E-state index contributed by atoms with van der Waals surface area (Å²) in [6.07, 6.45) is 6.59. The summed E-state index contributed by atoms with van der Waals surface area (Å²) in [5.74, 6) is 0. The van der Waals surface area contributed by atoms with E-state index in [0.717, 1.165) is 12.1 Å². The normalized spacial score (nSPS) is 25.1. The minimum atomic E-state index is 0.771. The van der Waals surface area contributed by atoms with Gasteiger partial charge in [0.15, 0.2) is 0 Å². The minimum Gasteiger partial charge on any atom is -0.297 e. The van der Waals surface area contributed by atoms with E-state index < -0.39 is 0 Å². The van der Waals surface area contributed by atoms with Gasteiger partial charge in [-0.15, -0.1) is 0 Å². The average molecular weight is 291 g/mol. The number of benzene rings is 2. The largest absolute Gasteiger partial charge is 0.297 e. The molecule has 1 saturated heterocycles. The monoisotopic (exact) mass is 291 g/mol. The Morgan fingerprint density at radius 2 is 1.77 bits per heavy atom. The average Bonchev–Trinajstić information content (AvgIpc) is 3.01. The van der Waals surface area contributed by atoms with Gasteiger partial charge in [-0.05, 0) is 67.8 Å². The summed E-state index contributed by atoms with van der Waals surface area (Å²) in [4.78, 5) is 2.76. The Morgan fingerprint density at radius 1 is 0.909 bits per heavy atom. The van der Waals surface area contributed by atoms with Crippen LogP contribution in [-0.4, -0.2) is 23.5 Å². The molecule has 0 saturated carbocycles. The van der Waals surface area contributed by atoms with Crippen LogP contribution in [-0.2, 0) is 12.8 Å². The lowest BCUT2D eigenvalue weighted by atomic mass is 9.85. The van der Waals surface area contributed by atoms with Crippen molar-refractivity contribution < 1.29 is 0 Å². The predicted molar refractivity (Wildman–Crippen MR) is 93.1 cm³/mol. The van der Waals surface area contributed by atoms with Gasteiger partial charge in [0.1, 0.15) is 0 Å². The number of fused-ring (bicyclic) bond motifs is 1. The first-order valence-electron chi connectivity index (χ1n) is 8.74. The van der Waals surface area contributed by atoms with Crippen molar-refractivity contribution in [3.63, 3.8) is 0 Å². The molecule has 0 aromatic heterocycles. The highest BCUT2D eigenvalue weighted by Crippen LogP contribution is 2.31. The third-order valence-electron chi connectivity index (χ3n) is 5.59. The molecule has 0 bridgehead atoms. The minimum absolute atomic E-state index is 0.771. The van der Waals surface area contributed by atoms with E-state index in [0.29, 0.717) is 0 Å². The van der Waals surface area contributed by atoms with Crippen molar-refractivity contribution in [1.82, 2.24) is 4.90 Å². The fourth-order valence-electron chi connectivity index (χ4n) is 4.33. The summed E-state index contributed by atoms with van der Waals surface area (Å²) < 4.78 is 0. The molecule has 1 heteroatoms. The van der Waals surface area contributed by atoms with E-state index in [4.69, 9.17) is 0 Å². The predicted octanol–water partition coefficient (Wildman–Crippen LogP) is 4.70. The van der Waals surface area contributed by atoms with Crippen LogP contribution in [0.5, 0.6) is 0 Å².